The third-order valence-electron chi connectivity index (χ3n) is 3.06. The zero-order valence-electron chi connectivity index (χ0n) is 11.5. The largest absolute Gasteiger partial charge is 0.335 e. The minimum absolute atomic E-state index is 0.0400. The van der Waals surface area contributed by atoms with Gasteiger partial charge in [0, 0.05) is 22.9 Å². The van der Waals surface area contributed by atoms with Gasteiger partial charge in [0.05, 0.1) is 6.54 Å². The molecule has 3 nitrogen and oxygen atoms in total. The summed E-state index contributed by atoms with van der Waals surface area (Å²) in [5.41, 5.74) is 1.56. The van der Waals surface area contributed by atoms with E-state index in [9.17, 15) is 4.79 Å². The molecule has 3 rings (SSSR count). The van der Waals surface area contributed by atoms with Crippen LogP contribution >= 0.6 is 22.7 Å². The lowest BCUT2D eigenvalue weighted by molar-refractivity contribution is 0.0781. The molecule has 2 aromatic heterocycles. The average molecular weight is 314 g/mol. The quantitative estimate of drug-likeness (QED) is 0.725. The Kier molecular flexibility index (Phi) is 4.13. The monoisotopic (exact) mass is 314 g/mol. The molecular weight excluding hydrogens is 300 g/mol. The number of nitrogens with zero attached hydrogens (tertiary/aromatic N) is 2. The second kappa shape index (κ2) is 6.20. The van der Waals surface area contributed by atoms with E-state index in [1.165, 1.54) is 16.2 Å². The van der Waals surface area contributed by atoms with Crippen LogP contribution in [0.15, 0.2) is 53.2 Å². The van der Waals surface area contributed by atoms with E-state index in [1.54, 1.807) is 16.2 Å². The zero-order chi connectivity index (χ0) is 14.7. The normalized spacial score (nSPS) is 10.5. The number of aromatic nitrogens is 1. The number of amides is 1. The average Bonchev–Trinajstić information content (AvgIpc) is 3.18. The van der Waals surface area contributed by atoms with Gasteiger partial charge in [0.2, 0.25) is 0 Å². The summed E-state index contributed by atoms with van der Waals surface area (Å²) < 4.78 is 0. The van der Waals surface area contributed by atoms with Crippen molar-refractivity contribution in [2.24, 2.45) is 0 Å². The highest BCUT2D eigenvalue weighted by Gasteiger charge is 2.16. The van der Waals surface area contributed by atoms with Crippen molar-refractivity contribution in [3.8, 4) is 10.6 Å². The number of carbonyl (C=O) groups excluding carboxylic acids is 1. The molecule has 0 saturated heterocycles. The molecule has 0 aliphatic rings. The maximum atomic E-state index is 12.4. The van der Waals surface area contributed by atoms with Gasteiger partial charge in [-0.3, -0.25) is 4.79 Å². The smallest absolute Gasteiger partial charge is 0.273 e. The van der Waals surface area contributed by atoms with Gasteiger partial charge in [0.25, 0.3) is 5.91 Å². The molecule has 0 radical (unpaired) electrons. The Balaban J connectivity index is 1.75. The summed E-state index contributed by atoms with van der Waals surface area (Å²) in [7, 11) is 1.81. The van der Waals surface area contributed by atoms with Crippen LogP contribution in [0.3, 0.4) is 0 Å². The first-order valence-electron chi connectivity index (χ1n) is 6.53. The van der Waals surface area contributed by atoms with Crippen molar-refractivity contribution in [2.45, 2.75) is 6.54 Å². The summed E-state index contributed by atoms with van der Waals surface area (Å²) in [6.07, 6.45) is 0. The minimum atomic E-state index is -0.0400. The van der Waals surface area contributed by atoms with Crippen molar-refractivity contribution in [1.29, 1.82) is 0 Å². The Morgan fingerprint density at radius 3 is 2.67 bits per heavy atom. The van der Waals surface area contributed by atoms with Crippen LogP contribution in [0.5, 0.6) is 0 Å². The van der Waals surface area contributed by atoms with Gasteiger partial charge < -0.3 is 4.90 Å². The van der Waals surface area contributed by atoms with E-state index in [0.29, 0.717) is 12.2 Å². The molecule has 0 unspecified atom stereocenters. The summed E-state index contributed by atoms with van der Waals surface area (Å²) in [4.78, 5) is 19.7. The van der Waals surface area contributed by atoms with Crippen molar-refractivity contribution >= 4 is 28.6 Å². The molecule has 0 fully saturated rings. The van der Waals surface area contributed by atoms with E-state index in [4.69, 9.17) is 0 Å². The SMILES string of the molecule is CN(Cc1cccs1)C(=O)c1csc(-c2ccccc2)n1. The molecular formula is C16H14N2OS2. The van der Waals surface area contributed by atoms with Crippen molar-refractivity contribution in [3.63, 3.8) is 0 Å². The summed E-state index contributed by atoms with van der Waals surface area (Å²) in [6.45, 7) is 0.620. The molecule has 2 heterocycles. The van der Waals surface area contributed by atoms with E-state index in [2.05, 4.69) is 4.98 Å². The molecule has 106 valence electrons. The lowest BCUT2D eigenvalue weighted by Gasteiger charge is -2.14. The predicted molar refractivity (Wildman–Crippen MR) is 87.7 cm³/mol. The molecule has 1 aromatic carbocycles. The van der Waals surface area contributed by atoms with E-state index < -0.39 is 0 Å². The maximum absolute atomic E-state index is 12.4. The van der Waals surface area contributed by atoms with Gasteiger partial charge in [-0.25, -0.2) is 4.98 Å². The maximum Gasteiger partial charge on any atom is 0.273 e. The van der Waals surface area contributed by atoms with Crippen molar-refractivity contribution < 1.29 is 4.79 Å². The van der Waals surface area contributed by atoms with Gasteiger partial charge in [-0.1, -0.05) is 36.4 Å². The number of thiazole rings is 1. The molecule has 0 saturated carbocycles. The number of rotatable bonds is 4. The number of hydrogen-bond donors (Lipinski definition) is 0. The molecule has 0 atom stereocenters. The Labute approximate surface area is 131 Å². The van der Waals surface area contributed by atoms with Gasteiger partial charge in [-0.15, -0.1) is 22.7 Å². The van der Waals surface area contributed by atoms with Gasteiger partial charge in [0.15, 0.2) is 0 Å². The molecule has 1 amide bonds. The van der Waals surface area contributed by atoms with E-state index in [1.807, 2.05) is 60.3 Å². The number of thiophene rings is 1. The lowest BCUT2D eigenvalue weighted by Crippen LogP contribution is -2.26. The number of hydrogen-bond acceptors (Lipinski definition) is 4. The summed E-state index contributed by atoms with van der Waals surface area (Å²) in [5, 5.41) is 4.73. The first-order chi connectivity index (χ1) is 10.2. The Morgan fingerprint density at radius 1 is 1.14 bits per heavy atom. The fourth-order valence-corrected chi connectivity index (χ4v) is 3.55. The molecule has 5 heteroatoms. The topological polar surface area (TPSA) is 33.2 Å². The van der Waals surface area contributed by atoms with Crippen LogP contribution in [0, 0.1) is 0 Å². The summed E-state index contributed by atoms with van der Waals surface area (Å²) in [6, 6.07) is 13.9. The van der Waals surface area contributed by atoms with Crippen LogP contribution in [0.1, 0.15) is 15.4 Å². The van der Waals surface area contributed by atoms with Crippen LogP contribution in [-0.2, 0) is 6.54 Å². The first kappa shape index (κ1) is 14.0. The fraction of sp³-hybridized carbons (Fsp3) is 0.125. The molecule has 0 bridgehead atoms. The molecule has 3 aromatic rings. The minimum Gasteiger partial charge on any atom is -0.335 e. The third kappa shape index (κ3) is 3.20. The van der Waals surface area contributed by atoms with Gasteiger partial charge in [-0.05, 0) is 11.4 Å². The summed E-state index contributed by atoms with van der Waals surface area (Å²) >= 11 is 3.15. The van der Waals surface area contributed by atoms with Crippen LogP contribution in [0.4, 0.5) is 0 Å². The highest BCUT2D eigenvalue weighted by molar-refractivity contribution is 7.13. The Hall–Kier alpha value is -1.98. The Bertz CT molecular complexity index is 720. The molecule has 0 spiro atoms. The van der Waals surface area contributed by atoms with Gasteiger partial charge in [-0.2, -0.15) is 0 Å². The highest BCUT2D eigenvalue weighted by Crippen LogP contribution is 2.24. The third-order valence-corrected chi connectivity index (χ3v) is 4.82. The van der Waals surface area contributed by atoms with E-state index >= 15 is 0 Å². The highest BCUT2D eigenvalue weighted by atomic mass is 32.1. The molecule has 0 aliphatic heterocycles. The van der Waals surface area contributed by atoms with Crippen molar-refractivity contribution in [1.82, 2.24) is 9.88 Å². The number of benzene rings is 1. The number of carbonyl (C=O) groups is 1. The van der Waals surface area contributed by atoms with E-state index in [-0.39, 0.29) is 5.91 Å². The van der Waals surface area contributed by atoms with Crippen LogP contribution in [-0.4, -0.2) is 22.8 Å². The van der Waals surface area contributed by atoms with Crippen LogP contribution in [0.2, 0.25) is 0 Å². The Morgan fingerprint density at radius 2 is 1.95 bits per heavy atom. The molecule has 21 heavy (non-hydrogen) atoms. The van der Waals surface area contributed by atoms with E-state index in [0.717, 1.165) is 10.6 Å². The van der Waals surface area contributed by atoms with Gasteiger partial charge >= 0.3 is 0 Å². The summed E-state index contributed by atoms with van der Waals surface area (Å²) in [5.74, 6) is -0.0400. The second-order valence-corrected chi connectivity index (χ2v) is 6.53. The fourth-order valence-electron chi connectivity index (χ4n) is 1.99. The standard InChI is InChI=1S/C16H14N2OS2/c1-18(10-13-8-5-9-20-13)16(19)14-11-21-15(17-14)12-6-3-2-4-7-12/h2-9,11H,10H2,1H3. The first-order valence-corrected chi connectivity index (χ1v) is 8.29. The van der Waals surface area contributed by atoms with Crippen molar-refractivity contribution in [3.05, 3.63) is 63.8 Å². The van der Waals surface area contributed by atoms with Crippen LogP contribution in [0.25, 0.3) is 10.6 Å². The van der Waals surface area contributed by atoms with Gasteiger partial charge in [0.1, 0.15) is 10.7 Å². The molecule has 0 N–H and O–H groups in total. The predicted octanol–water partition coefficient (Wildman–Crippen LogP) is 4.14. The lowest BCUT2D eigenvalue weighted by atomic mass is 10.2. The van der Waals surface area contributed by atoms with Crippen LogP contribution < -0.4 is 0 Å². The second-order valence-electron chi connectivity index (χ2n) is 4.64. The van der Waals surface area contributed by atoms with Crippen molar-refractivity contribution in [2.75, 3.05) is 7.05 Å². The zero-order valence-corrected chi connectivity index (χ0v) is 13.2. The molecule has 0 aliphatic carbocycles.